The smallest absolute Gasteiger partial charge is 0.451 e. The number of nitrogens with zero attached hydrogens (tertiary/aromatic N) is 2. The van der Waals surface area contributed by atoms with Crippen LogP contribution >= 0.6 is 23.1 Å². The first-order valence-electron chi connectivity index (χ1n) is 8.76. The van der Waals surface area contributed by atoms with Crippen molar-refractivity contribution in [2.24, 2.45) is 0 Å². The van der Waals surface area contributed by atoms with Gasteiger partial charge in [-0.1, -0.05) is 11.8 Å². The number of benzene rings is 1. The predicted octanol–water partition coefficient (Wildman–Crippen LogP) is 3.30. The maximum atomic E-state index is 13.2. The largest absolute Gasteiger partial charge is 0.497 e. The number of methoxy groups -OCH3 is 1. The number of hydrogen-bond donors (Lipinski definition) is 2. The summed E-state index contributed by atoms with van der Waals surface area (Å²) in [7, 11) is 1.43. The number of Topliss-reactive ketones (excluding diaryl/α,β-unsaturated/α-hetero) is 1. The number of amides is 1. The second kappa shape index (κ2) is 9.62. The van der Waals surface area contributed by atoms with E-state index in [9.17, 15) is 22.8 Å². The number of ether oxygens (including phenoxy) is 1. The molecule has 0 spiro atoms. The van der Waals surface area contributed by atoms with Crippen molar-refractivity contribution in [2.45, 2.75) is 17.7 Å². The lowest BCUT2D eigenvalue weighted by atomic mass is 10.2. The first-order valence-corrected chi connectivity index (χ1v) is 10.6. The fourth-order valence-electron chi connectivity index (χ4n) is 2.51. The lowest BCUT2D eigenvalue weighted by molar-refractivity contribution is -0.145. The van der Waals surface area contributed by atoms with E-state index in [1.807, 2.05) is 0 Å². The Morgan fingerprint density at radius 3 is 2.68 bits per heavy atom. The standard InChI is InChI=1S/C19H16F3N3O4S2/c1-29-10-2-4-13-12(6-10)17(25-18(24-13)19(20,21)22)30-9-14(27)15-5-3-11(31-15)7-23-16(28)8-26/h2-6,26H,7-9H2,1H3,(H,23,28). The van der Waals surface area contributed by atoms with Gasteiger partial charge in [0.05, 0.1) is 29.8 Å². The average molecular weight is 471 g/mol. The van der Waals surface area contributed by atoms with Gasteiger partial charge in [-0.15, -0.1) is 11.3 Å². The Bertz CT molecular complexity index is 1120. The zero-order chi connectivity index (χ0) is 22.6. The third-order valence-corrected chi connectivity index (χ3v) is 6.12. The van der Waals surface area contributed by atoms with Crippen LogP contribution in [0.1, 0.15) is 20.4 Å². The number of alkyl halides is 3. The number of fused-ring (bicyclic) bond motifs is 1. The van der Waals surface area contributed by atoms with Crippen molar-refractivity contribution in [1.82, 2.24) is 15.3 Å². The van der Waals surface area contributed by atoms with Gasteiger partial charge in [0.25, 0.3) is 0 Å². The molecular weight excluding hydrogens is 455 g/mol. The van der Waals surface area contributed by atoms with Crippen molar-refractivity contribution < 1.29 is 32.6 Å². The number of nitrogens with one attached hydrogen (secondary N) is 1. The van der Waals surface area contributed by atoms with Gasteiger partial charge in [0, 0.05) is 10.3 Å². The van der Waals surface area contributed by atoms with E-state index in [2.05, 4.69) is 15.3 Å². The van der Waals surface area contributed by atoms with Crippen molar-refractivity contribution in [2.75, 3.05) is 19.5 Å². The molecule has 0 aliphatic heterocycles. The molecule has 7 nitrogen and oxygen atoms in total. The highest BCUT2D eigenvalue weighted by Crippen LogP contribution is 2.34. The highest BCUT2D eigenvalue weighted by molar-refractivity contribution is 8.00. The van der Waals surface area contributed by atoms with Crippen molar-refractivity contribution in [3.63, 3.8) is 0 Å². The monoisotopic (exact) mass is 471 g/mol. The number of hydrogen-bond acceptors (Lipinski definition) is 8. The molecule has 0 fully saturated rings. The Hall–Kier alpha value is -2.70. The number of aliphatic hydroxyl groups is 1. The van der Waals surface area contributed by atoms with E-state index in [-0.39, 0.29) is 28.6 Å². The average Bonchev–Trinajstić information content (AvgIpc) is 3.23. The van der Waals surface area contributed by atoms with Crippen LogP contribution in [0.25, 0.3) is 10.9 Å². The Morgan fingerprint density at radius 1 is 1.23 bits per heavy atom. The number of ketones is 1. The fourth-order valence-corrected chi connectivity index (χ4v) is 4.38. The van der Waals surface area contributed by atoms with Crippen LogP contribution in [0.4, 0.5) is 13.2 Å². The van der Waals surface area contributed by atoms with Gasteiger partial charge in [-0.05, 0) is 30.3 Å². The lowest BCUT2D eigenvalue weighted by Gasteiger charge is -2.11. The third-order valence-electron chi connectivity index (χ3n) is 4.00. The van der Waals surface area contributed by atoms with Crippen LogP contribution in [0.15, 0.2) is 35.4 Å². The summed E-state index contributed by atoms with van der Waals surface area (Å²) < 4.78 is 44.7. The van der Waals surface area contributed by atoms with Crippen molar-refractivity contribution >= 4 is 45.7 Å². The number of aromatic nitrogens is 2. The maximum Gasteiger partial charge on any atom is 0.451 e. The summed E-state index contributed by atoms with van der Waals surface area (Å²) in [4.78, 5) is 31.9. The molecule has 3 rings (SSSR count). The second-order valence-electron chi connectivity index (χ2n) is 6.15. The van der Waals surface area contributed by atoms with Crippen LogP contribution < -0.4 is 10.1 Å². The van der Waals surface area contributed by atoms with Gasteiger partial charge in [-0.25, -0.2) is 9.97 Å². The molecule has 0 atom stereocenters. The number of carbonyl (C=O) groups excluding carboxylic acids is 2. The van der Waals surface area contributed by atoms with Crippen LogP contribution in [-0.2, 0) is 17.5 Å². The molecule has 2 aromatic heterocycles. The van der Waals surface area contributed by atoms with Crippen LogP contribution in [0, 0.1) is 0 Å². The van der Waals surface area contributed by atoms with Gasteiger partial charge in [0.1, 0.15) is 17.4 Å². The van der Waals surface area contributed by atoms with Crippen molar-refractivity contribution in [3.05, 3.63) is 45.9 Å². The molecule has 2 N–H and O–H groups in total. The van der Waals surface area contributed by atoms with E-state index in [4.69, 9.17) is 9.84 Å². The summed E-state index contributed by atoms with van der Waals surface area (Å²) in [5.74, 6) is -1.82. The van der Waals surface area contributed by atoms with E-state index in [0.717, 1.165) is 23.1 Å². The fraction of sp³-hybridized carbons (Fsp3) is 0.263. The molecule has 0 aliphatic rings. The molecule has 0 bridgehead atoms. The molecular formula is C19H16F3N3O4S2. The normalized spacial score (nSPS) is 11.5. The van der Waals surface area contributed by atoms with Crippen LogP contribution in [0.5, 0.6) is 5.75 Å². The molecule has 31 heavy (non-hydrogen) atoms. The number of carbonyl (C=O) groups is 2. The van der Waals surface area contributed by atoms with Crippen LogP contribution in [0.2, 0.25) is 0 Å². The van der Waals surface area contributed by atoms with E-state index in [0.29, 0.717) is 20.9 Å². The molecule has 1 amide bonds. The Balaban J connectivity index is 1.80. The number of aliphatic hydroxyl groups excluding tert-OH is 1. The van der Waals surface area contributed by atoms with Gasteiger partial charge < -0.3 is 15.2 Å². The minimum atomic E-state index is -4.73. The van der Waals surface area contributed by atoms with E-state index in [1.54, 1.807) is 12.1 Å². The SMILES string of the molecule is COc1ccc2nc(C(F)(F)F)nc(SCC(=O)c3ccc(CNC(=O)CO)s3)c2c1. The molecule has 2 heterocycles. The van der Waals surface area contributed by atoms with Crippen molar-refractivity contribution in [1.29, 1.82) is 0 Å². The van der Waals surface area contributed by atoms with Crippen LogP contribution in [-0.4, -0.2) is 46.2 Å². The number of rotatable bonds is 8. The minimum Gasteiger partial charge on any atom is -0.497 e. The Morgan fingerprint density at radius 2 is 2.00 bits per heavy atom. The predicted molar refractivity (Wildman–Crippen MR) is 109 cm³/mol. The number of thiophene rings is 1. The summed E-state index contributed by atoms with van der Waals surface area (Å²) in [5, 5.41) is 11.6. The molecule has 164 valence electrons. The summed E-state index contributed by atoms with van der Waals surface area (Å²) in [6.45, 7) is -0.471. The van der Waals surface area contributed by atoms with E-state index in [1.165, 1.54) is 25.3 Å². The number of thioether (sulfide) groups is 1. The van der Waals surface area contributed by atoms with Crippen molar-refractivity contribution in [3.8, 4) is 5.75 Å². The van der Waals surface area contributed by atoms with Gasteiger partial charge in [-0.2, -0.15) is 13.2 Å². The molecule has 0 aliphatic carbocycles. The molecule has 1 aromatic carbocycles. The first-order chi connectivity index (χ1) is 14.7. The second-order valence-corrected chi connectivity index (χ2v) is 8.28. The lowest BCUT2D eigenvalue weighted by Crippen LogP contribution is -2.25. The summed E-state index contributed by atoms with van der Waals surface area (Å²) in [5.41, 5.74) is 0.0936. The van der Waals surface area contributed by atoms with Gasteiger partial charge in [0.15, 0.2) is 5.78 Å². The summed E-state index contributed by atoms with van der Waals surface area (Å²) >= 11 is 2.03. The minimum absolute atomic E-state index is 0.0246. The Kier molecular flexibility index (Phi) is 7.13. The quantitative estimate of drug-likeness (QED) is 0.295. The van der Waals surface area contributed by atoms with Gasteiger partial charge in [-0.3, -0.25) is 9.59 Å². The first kappa shape index (κ1) is 23.0. The Labute approximate surface area is 182 Å². The van der Waals surface area contributed by atoms with Gasteiger partial charge in [0.2, 0.25) is 11.7 Å². The summed E-state index contributed by atoms with van der Waals surface area (Å²) in [6.07, 6.45) is -4.73. The highest BCUT2D eigenvalue weighted by atomic mass is 32.2. The third kappa shape index (κ3) is 5.71. The van der Waals surface area contributed by atoms with Gasteiger partial charge >= 0.3 is 6.18 Å². The molecule has 3 aromatic rings. The molecule has 0 radical (unpaired) electrons. The topological polar surface area (TPSA) is 101 Å². The molecule has 0 saturated carbocycles. The van der Waals surface area contributed by atoms with E-state index < -0.39 is 24.5 Å². The number of halogens is 3. The van der Waals surface area contributed by atoms with E-state index >= 15 is 0 Å². The maximum absolute atomic E-state index is 13.2. The zero-order valence-electron chi connectivity index (χ0n) is 16.0. The molecule has 0 saturated heterocycles. The molecule has 0 unspecified atom stereocenters. The summed E-state index contributed by atoms with van der Waals surface area (Å²) in [6, 6.07) is 7.67. The molecule has 12 heteroatoms. The highest BCUT2D eigenvalue weighted by Gasteiger charge is 2.35. The zero-order valence-corrected chi connectivity index (χ0v) is 17.7. The van der Waals surface area contributed by atoms with Crippen LogP contribution in [0.3, 0.4) is 0 Å².